The van der Waals surface area contributed by atoms with Crippen molar-refractivity contribution in [1.82, 2.24) is 9.97 Å². The molecule has 3 N–H and O–H groups in total. The Hall–Kier alpha value is -2.60. The van der Waals surface area contributed by atoms with Gasteiger partial charge in [-0.05, 0) is 113 Å². The Morgan fingerprint density at radius 3 is 1.90 bits per heavy atom. The van der Waals surface area contributed by atoms with Gasteiger partial charge in [-0.2, -0.15) is 0 Å². The van der Waals surface area contributed by atoms with Crippen molar-refractivity contribution < 1.29 is 4.79 Å². The topological polar surface area (TPSA) is 71.8 Å². The van der Waals surface area contributed by atoms with Crippen molar-refractivity contribution in [2.75, 3.05) is 7.05 Å². The number of halogens is 1. The molecule has 0 bridgehead atoms. The smallest absolute Gasteiger partial charge is 0.197 e. The van der Waals surface area contributed by atoms with E-state index in [9.17, 15) is 0 Å². The first-order valence-electron chi connectivity index (χ1n) is 13.4. The van der Waals surface area contributed by atoms with Crippen LogP contribution in [0.5, 0.6) is 0 Å². The lowest BCUT2D eigenvalue weighted by atomic mass is 9.83. The van der Waals surface area contributed by atoms with E-state index in [0.29, 0.717) is 9.79 Å². The van der Waals surface area contributed by atoms with E-state index in [-0.39, 0.29) is 0 Å². The Bertz CT molecular complexity index is 1300. The number of carbonyl (C=O) groups excluding carboxylic acids is 1. The van der Waals surface area contributed by atoms with Crippen LogP contribution in [-0.2, 0) is 17.6 Å². The minimum atomic E-state index is 0.472. The van der Waals surface area contributed by atoms with Crippen LogP contribution in [0.2, 0.25) is 5.02 Å². The lowest BCUT2D eigenvalue weighted by Gasteiger charge is -2.23. The molecule has 0 saturated heterocycles. The quantitative estimate of drug-likeness (QED) is 0.241. The molecule has 39 heavy (non-hydrogen) atoms. The maximum absolute atomic E-state index is 8.00. The molecule has 0 spiro atoms. The number of fused-ring (bicyclic) bond motifs is 1. The molecule has 4 nitrogen and oxygen atoms in total. The molecular formula is C33H50ClN3OS. The highest BCUT2D eigenvalue weighted by Gasteiger charge is 2.23. The summed E-state index contributed by atoms with van der Waals surface area (Å²) in [4.78, 5) is 15.9. The summed E-state index contributed by atoms with van der Waals surface area (Å²) in [6.45, 7) is 29.7. The molecule has 6 heteroatoms. The van der Waals surface area contributed by atoms with E-state index in [2.05, 4.69) is 110 Å². The van der Waals surface area contributed by atoms with E-state index in [1.165, 1.54) is 58.0 Å². The lowest BCUT2D eigenvalue weighted by molar-refractivity contribution is -0.0980. The molecule has 0 fully saturated rings. The van der Waals surface area contributed by atoms with Gasteiger partial charge in [-0.15, -0.1) is 13.2 Å². The van der Waals surface area contributed by atoms with Crippen LogP contribution in [0.1, 0.15) is 88.4 Å². The summed E-state index contributed by atoms with van der Waals surface area (Å²) in [5.74, 6) is 0. The summed E-state index contributed by atoms with van der Waals surface area (Å²) in [5.41, 5.74) is 17.7. The van der Waals surface area contributed by atoms with Crippen molar-refractivity contribution in [3.05, 3.63) is 74.2 Å². The molecule has 2 aromatic carbocycles. The maximum atomic E-state index is 8.00. The van der Waals surface area contributed by atoms with Crippen LogP contribution in [0.4, 0.5) is 0 Å². The predicted molar refractivity (Wildman–Crippen MR) is 179 cm³/mol. The van der Waals surface area contributed by atoms with Gasteiger partial charge in [-0.1, -0.05) is 63.4 Å². The second kappa shape index (κ2) is 19.5. The highest BCUT2D eigenvalue weighted by atomic mass is 35.5. The van der Waals surface area contributed by atoms with Crippen LogP contribution in [-0.4, -0.2) is 23.8 Å². The first-order valence-corrected chi connectivity index (χ1v) is 14.2. The largest absolute Gasteiger partial charge is 0.334 e. The van der Waals surface area contributed by atoms with E-state index >= 15 is 0 Å². The molecule has 0 aliphatic carbocycles. The predicted octanol–water partition coefficient (Wildman–Crippen LogP) is 10.1. The monoisotopic (exact) mass is 571 g/mol. The van der Waals surface area contributed by atoms with Crippen molar-refractivity contribution in [3.8, 4) is 11.1 Å². The third-order valence-corrected chi connectivity index (χ3v) is 6.91. The molecule has 0 aliphatic rings. The highest BCUT2D eigenvalue weighted by Crippen LogP contribution is 2.44. The molecule has 1 heterocycles. The van der Waals surface area contributed by atoms with Crippen molar-refractivity contribution in [3.63, 3.8) is 0 Å². The van der Waals surface area contributed by atoms with Crippen LogP contribution in [0.3, 0.4) is 0 Å². The van der Waals surface area contributed by atoms with Gasteiger partial charge in [-0.3, -0.25) is 0 Å². The number of aryl methyl sites for hydroxylation is 3. The van der Waals surface area contributed by atoms with Gasteiger partial charge in [0.15, 0.2) is 4.77 Å². The number of H-pyrrole nitrogens is 1. The van der Waals surface area contributed by atoms with E-state index in [1.54, 1.807) is 0 Å². The van der Waals surface area contributed by atoms with E-state index < -0.39 is 0 Å². The van der Waals surface area contributed by atoms with Crippen LogP contribution in [0, 0.1) is 25.5 Å². The zero-order chi connectivity index (χ0) is 31.0. The van der Waals surface area contributed by atoms with Crippen LogP contribution >= 0.6 is 23.8 Å². The minimum absolute atomic E-state index is 0.472. The molecule has 0 saturated carbocycles. The fourth-order valence-electron chi connectivity index (χ4n) is 4.49. The van der Waals surface area contributed by atoms with Crippen molar-refractivity contribution in [2.24, 2.45) is 5.73 Å². The number of nitrogens with one attached hydrogen (secondary N) is 1. The number of nitrogens with zero attached hydrogens (tertiary/aromatic N) is 1. The van der Waals surface area contributed by atoms with Gasteiger partial charge < -0.3 is 15.5 Å². The average Bonchev–Trinajstić information content (AvgIpc) is 2.93. The van der Waals surface area contributed by atoms with E-state index in [0.717, 1.165) is 35.0 Å². The van der Waals surface area contributed by atoms with Gasteiger partial charge in [0, 0.05) is 16.6 Å². The summed E-state index contributed by atoms with van der Waals surface area (Å²) in [6, 6.07) is 4.43. The second-order valence-corrected chi connectivity index (χ2v) is 9.77. The Morgan fingerprint density at radius 2 is 1.46 bits per heavy atom. The molecule has 0 radical (unpaired) electrons. The summed E-state index contributed by atoms with van der Waals surface area (Å²) < 4.78 is 0.472. The molecule has 0 amide bonds. The normalized spacial score (nSPS) is 9.46. The Kier molecular flexibility index (Phi) is 19.2. The third kappa shape index (κ3) is 8.96. The van der Waals surface area contributed by atoms with Gasteiger partial charge in [0.05, 0.1) is 10.5 Å². The number of aromatic amines is 1. The summed E-state index contributed by atoms with van der Waals surface area (Å²) in [7, 11) is 1.50. The Labute approximate surface area is 247 Å². The van der Waals surface area contributed by atoms with Crippen LogP contribution < -0.4 is 5.73 Å². The molecule has 216 valence electrons. The average molecular weight is 572 g/mol. The lowest BCUT2D eigenvalue weighted by Crippen LogP contribution is -2.05. The first kappa shape index (κ1) is 38.5. The van der Waals surface area contributed by atoms with Crippen molar-refractivity contribution in [2.45, 2.75) is 88.5 Å². The Morgan fingerprint density at radius 1 is 0.974 bits per heavy atom. The molecular weight excluding hydrogens is 522 g/mol. The zero-order valence-electron chi connectivity index (χ0n) is 26.1. The molecule has 0 aliphatic heterocycles. The number of hydrogen-bond acceptors (Lipinski definition) is 4. The Balaban J connectivity index is 0. The number of aromatic nitrogens is 2. The van der Waals surface area contributed by atoms with Crippen molar-refractivity contribution >= 4 is 47.1 Å². The van der Waals surface area contributed by atoms with E-state index in [4.69, 9.17) is 28.6 Å². The number of carbonyl (C=O) groups is 1. The fourth-order valence-corrected chi connectivity index (χ4v) is 5.08. The minimum Gasteiger partial charge on any atom is -0.334 e. The second-order valence-electron chi connectivity index (χ2n) is 9.01. The summed E-state index contributed by atoms with van der Waals surface area (Å²) in [5, 5.41) is 1.81. The third-order valence-electron chi connectivity index (χ3n) is 6.35. The maximum Gasteiger partial charge on any atom is 0.197 e. The van der Waals surface area contributed by atoms with Crippen molar-refractivity contribution in [1.29, 1.82) is 0 Å². The number of nitrogens with two attached hydrogens (primary N) is 1. The van der Waals surface area contributed by atoms with Gasteiger partial charge in [0.25, 0.3) is 0 Å². The first-order chi connectivity index (χ1) is 18.5. The van der Waals surface area contributed by atoms with Gasteiger partial charge in [0.1, 0.15) is 6.79 Å². The molecule has 3 aromatic rings. The van der Waals surface area contributed by atoms with Gasteiger partial charge >= 0.3 is 0 Å². The number of rotatable bonds is 4. The standard InChI is InChI=1S/C26H31ClN2S.C3H8.C2H4.CH5N.CH2O/c1-9-18-19(10-2)23(24(27)25-22(18)17(8)28-26(30)29-25)20-12-11-14(5)16(7)21(20)15(6)13(3)4;1-3-2;3*1-2/h11-12H,9-10H2,1-8H3,(H,28,29,30);3H2,1-2H3;1-2H2;2H2,1H3;1H2. The van der Waals surface area contributed by atoms with E-state index in [1.807, 2.05) is 6.79 Å². The molecule has 1 aromatic heterocycles. The van der Waals surface area contributed by atoms with Gasteiger partial charge in [-0.25, -0.2) is 4.98 Å². The summed E-state index contributed by atoms with van der Waals surface area (Å²) >= 11 is 12.5. The number of benzene rings is 2. The van der Waals surface area contributed by atoms with Crippen LogP contribution in [0.25, 0.3) is 27.6 Å². The number of allylic oxidation sites excluding steroid dienone is 2. The summed E-state index contributed by atoms with van der Waals surface area (Å²) in [6.07, 6.45) is 3.07. The fraction of sp³-hybridized carbons (Fsp3) is 0.424. The zero-order valence-corrected chi connectivity index (χ0v) is 27.7. The molecule has 0 atom stereocenters. The SMILES string of the molecule is C=C.C=O.CCC.CCc1c(-c2ccc(C)c(C)c2C(C)=C(C)C)c(Cl)c2nc(=S)[nH]c(C)c2c1CC.CN. The molecule has 0 unspecified atom stereocenters. The van der Waals surface area contributed by atoms with Crippen LogP contribution in [0.15, 0.2) is 30.9 Å². The highest BCUT2D eigenvalue weighted by molar-refractivity contribution is 7.71. The molecule has 3 rings (SSSR count). The van der Waals surface area contributed by atoms with Gasteiger partial charge in [0.2, 0.25) is 0 Å². The number of hydrogen-bond donors (Lipinski definition) is 2.